The van der Waals surface area contributed by atoms with E-state index in [1.165, 1.54) is 59.8 Å². The van der Waals surface area contributed by atoms with Crippen molar-refractivity contribution in [1.29, 1.82) is 0 Å². The van der Waals surface area contributed by atoms with Gasteiger partial charge in [-0.15, -0.1) is 0 Å². The summed E-state index contributed by atoms with van der Waals surface area (Å²) in [6.45, 7) is 0. The van der Waals surface area contributed by atoms with Crippen molar-refractivity contribution in [2.75, 3.05) is 4.90 Å². The third-order valence-corrected chi connectivity index (χ3v) is 11.0. The van der Waals surface area contributed by atoms with Crippen LogP contribution in [0.2, 0.25) is 0 Å². The molecule has 0 saturated heterocycles. The molecule has 0 N–H and O–H groups in total. The van der Waals surface area contributed by atoms with Gasteiger partial charge in [0.15, 0.2) is 0 Å². The predicted molar refractivity (Wildman–Crippen MR) is 229 cm³/mol. The normalized spacial score (nSPS) is 11.7. The van der Waals surface area contributed by atoms with Gasteiger partial charge in [0.25, 0.3) is 0 Å². The Morgan fingerprint density at radius 3 is 1.72 bits per heavy atom. The highest BCUT2D eigenvalue weighted by Crippen LogP contribution is 2.44. The zero-order chi connectivity index (χ0) is 35.6. The van der Waals surface area contributed by atoms with Crippen molar-refractivity contribution in [1.82, 2.24) is 0 Å². The first-order valence-electron chi connectivity index (χ1n) is 18.5. The van der Waals surface area contributed by atoms with Crippen molar-refractivity contribution in [3.05, 3.63) is 200 Å². The van der Waals surface area contributed by atoms with Gasteiger partial charge in [0.1, 0.15) is 11.2 Å². The Morgan fingerprint density at radius 2 is 0.907 bits per heavy atom. The smallest absolute Gasteiger partial charge is 0.137 e. The van der Waals surface area contributed by atoms with Crippen molar-refractivity contribution in [3.8, 4) is 22.3 Å². The third-order valence-electron chi connectivity index (χ3n) is 11.0. The van der Waals surface area contributed by atoms with Gasteiger partial charge in [-0.1, -0.05) is 152 Å². The van der Waals surface area contributed by atoms with E-state index in [4.69, 9.17) is 4.42 Å². The molecule has 0 aliphatic carbocycles. The van der Waals surface area contributed by atoms with Crippen LogP contribution in [0.5, 0.6) is 0 Å². The summed E-state index contributed by atoms with van der Waals surface area (Å²) in [5.41, 5.74) is 9.67. The number of furan rings is 1. The standard InChI is InChI=1S/C52H33NO/c1-2-10-35(11-3-1)43-14-8-9-17-48(43)53(42-28-30-47-50(33-42)54-49-31-25-37-13-5-7-16-45(37)52(47)49)41-26-22-34(23-27-41)39-24-29-46-40(32-39)21-20-38-19-18-36-12-4-6-15-44(36)51(38)46/h1-33H. The molecular weight excluding hydrogens is 655 g/mol. The summed E-state index contributed by atoms with van der Waals surface area (Å²) in [6.07, 6.45) is 0. The number of para-hydroxylation sites is 1. The number of fused-ring (bicyclic) bond motifs is 10. The summed E-state index contributed by atoms with van der Waals surface area (Å²) < 4.78 is 6.57. The minimum atomic E-state index is 0.870. The van der Waals surface area contributed by atoms with Gasteiger partial charge in [0.2, 0.25) is 0 Å². The van der Waals surface area contributed by atoms with E-state index in [2.05, 4.69) is 205 Å². The van der Waals surface area contributed by atoms with E-state index in [0.29, 0.717) is 0 Å². The molecule has 11 aromatic rings. The van der Waals surface area contributed by atoms with Crippen molar-refractivity contribution >= 4 is 82.1 Å². The number of hydrogen-bond acceptors (Lipinski definition) is 2. The lowest BCUT2D eigenvalue weighted by Crippen LogP contribution is -2.11. The predicted octanol–water partition coefficient (Wildman–Crippen LogP) is 15.0. The SMILES string of the molecule is c1ccc(-c2ccccc2N(c2ccc(-c3ccc4c(ccc5ccc6ccccc6c54)c3)cc2)c2ccc3c(c2)oc2ccc4ccccc4c23)cc1. The van der Waals surface area contributed by atoms with Gasteiger partial charge in [-0.3, -0.25) is 0 Å². The van der Waals surface area contributed by atoms with E-state index in [9.17, 15) is 0 Å². The molecular formula is C52H33NO. The van der Waals surface area contributed by atoms with Gasteiger partial charge >= 0.3 is 0 Å². The van der Waals surface area contributed by atoms with Crippen LogP contribution >= 0.6 is 0 Å². The van der Waals surface area contributed by atoms with E-state index in [1.54, 1.807) is 0 Å². The summed E-state index contributed by atoms with van der Waals surface area (Å²) in [7, 11) is 0. The highest BCUT2D eigenvalue weighted by molar-refractivity contribution is 6.21. The largest absolute Gasteiger partial charge is 0.456 e. The fourth-order valence-corrected chi connectivity index (χ4v) is 8.45. The third kappa shape index (κ3) is 4.88. The van der Waals surface area contributed by atoms with Gasteiger partial charge in [0, 0.05) is 33.8 Å². The van der Waals surface area contributed by atoms with Crippen molar-refractivity contribution in [2.45, 2.75) is 0 Å². The molecule has 54 heavy (non-hydrogen) atoms. The number of nitrogens with zero attached hydrogens (tertiary/aromatic N) is 1. The number of anilines is 3. The van der Waals surface area contributed by atoms with Gasteiger partial charge in [-0.2, -0.15) is 0 Å². The van der Waals surface area contributed by atoms with E-state index in [0.717, 1.165) is 44.6 Å². The Balaban J connectivity index is 1.05. The Bertz CT molecular complexity index is 3210. The van der Waals surface area contributed by atoms with Crippen molar-refractivity contribution < 1.29 is 4.42 Å². The Hall–Kier alpha value is -7.16. The van der Waals surface area contributed by atoms with Crippen LogP contribution < -0.4 is 4.90 Å². The summed E-state index contributed by atoms with van der Waals surface area (Å²) in [5.74, 6) is 0. The second-order valence-electron chi connectivity index (χ2n) is 14.1. The monoisotopic (exact) mass is 687 g/mol. The molecule has 0 amide bonds. The Morgan fingerprint density at radius 1 is 0.315 bits per heavy atom. The lowest BCUT2D eigenvalue weighted by atomic mass is 9.94. The molecule has 1 aromatic heterocycles. The minimum absolute atomic E-state index is 0.870. The molecule has 0 unspecified atom stereocenters. The van der Waals surface area contributed by atoms with Crippen LogP contribution in [0.3, 0.4) is 0 Å². The molecule has 0 atom stereocenters. The molecule has 0 spiro atoms. The molecule has 0 aliphatic rings. The van der Waals surface area contributed by atoms with E-state index in [1.807, 2.05) is 0 Å². The van der Waals surface area contributed by atoms with Crippen LogP contribution in [0.1, 0.15) is 0 Å². The lowest BCUT2D eigenvalue weighted by molar-refractivity contribution is 0.669. The molecule has 10 aromatic carbocycles. The first-order chi connectivity index (χ1) is 26.8. The maximum atomic E-state index is 6.57. The molecule has 2 heteroatoms. The van der Waals surface area contributed by atoms with E-state index in [-0.39, 0.29) is 0 Å². The van der Waals surface area contributed by atoms with Gasteiger partial charge in [0.05, 0.1) is 5.69 Å². The van der Waals surface area contributed by atoms with Crippen LogP contribution in [-0.4, -0.2) is 0 Å². The molecule has 252 valence electrons. The second-order valence-corrected chi connectivity index (χ2v) is 14.1. The molecule has 11 rings (SSSR count). The van der Waals surface area contributed by atoms with Crippen LogP contribution in [-0.2, 0) is 0 Å². The molecule has 0 saturated carbocycles. The average molecular weight is 688 g/mol. The van der Waals surface area contributed by atoms with Crippen LogP contribution in [0.15, 0.2) is 205 Å². The summed E-state index contributed by atoms with van der Waals surface area (Å²) >= 11 is 0. The molecule has 1 heterocycles. The van der Waals surface area contributed by atoms with E-state index >= 15 is 0 Å². The van der Waals surface area contributed by atoms with Crippen molar-refractivity contribution in [2.24, 2.45) is 0 Å². The molecule has 0 fully saturated rings. The fraction of sp³-hybridized carbons (Fsp3) is 0. The Kier molecular flexibility index (Phi) is 6.90. The molecule has 0 aliphatic heterocycles. The quantitative estimate of drug-likeness (QED) is 0.168. The van der Waals surface area contributed by atoms with Gasteiger partial charge in [-0.05, 0) is 102 Å². The summed E-state index contributed by atoms with van der Waals surface area (Å²) in [5, 5.41) is 12.4. The molecule has 2 nitrogen and oxygen atoms in total. The topological polar surface area (TPSA) is 16.4 Å². The zero-order valence-corrected chi connectivity index (χ0v) is 29.4. The first-order valence-corrected chi connectivity index (χ1v) is 18.5. The van der Waals surface area contributed by atoms with Crippen molar-refractivity contribution in [3.63, 3.8) is 0 Å². The number of hydrogen-bond donors (Lipinski definition) is 0. The molecule has 0 radical (unpaired) electrons. The highest BCUT2D eigenvalue weighted by Gasteiger charge is 2.20. The van der Waals surface area contributed by atoms with Gasteiger partial charge in [-0.25, -0.2) is 0 Å². The van der Waals surface area contributed by atoms with E-state index < -0.39 is 0 Å². The maximum absolute atomic E-state index is 6.57. The molecule has 0 bridgehead atoms. The fourth-order valence-electron chi connectivity index (χ4n) is 8.45. The van der Waals surface area contributed by atoms with Crippen LogP contribution in [0, 0.1) is 0 Å². The maximum Gasteiger partial charge on any atom is 0.137 e. The van der Waals surface area contributed by atoms with Crippen LogP contribution in [0.25, 0.3) is 87.3 Å². The Labute approximate surface area is 312 Å². The lowest BCUT2D eigenvalue weighted by Gasteiger charge is -2.28. The minimum Gasteiger partial charge on any atom is -0.456 e. The summed E-state index contributed by atoms with van der Waals surface area (Å²) in [6, 6.07) is 72.2. The summed E-state index contributed by atoms with van der Waals surface area (Å²) in [4.78, 5) is 2.36. The van der Waals surface area contributed by atoms with Crippen LogP contribution in [0.4, 0.5) is 17.1 Å². The number of rotatable bonds is 5. The average Bonchev–Trinajstić information content (AvgIpc) is 3.63. The van der Waals surface area contributed by atoms with Gasteiger partial charge < -0.3 is 9.32 Å². The first kappa shape index (κ1) is 30.5. The number of benzene rings is 10. The zero-order valence-electron chi connectivity index (χ0n) is 29.4. The second kappa shape index (κ2) is 12.2. The highest BCUT2D eigenvalue weighted by atomic mass is 16.3.